The van der Waals surface area contributed by atoms with Crippen molar-refractivity contribution in [1.29, 1.82) is 0 Å². The molecule has 8 heteroatoms. The first-order chi connectivity index (χ1) is 11.1. The fourth-order valence-corrected chi connectivity index (χ4v) is 5.28. The molecule has 1 aliphatic rings. The highest BCUT2D eigenvalue weighted by atomic mass is 32.2. The molecule has 3 aromatic rings. The molecular formula is C15H12N2O4S2. The minimum atomic E-state index is -3.71. The zero-order valence-electron chi connectivity index (χ0n) is 11.9. The first kappa shape index (κ1) is 14.4. The molecule has 118 valence electrons. The highest BCUT2D eigenvalue weighted by Gasteiger charge is 2.29. The number of fused-ring (bicyclic) bond motifs is 2. The Morgan fingerprint density at radius 3 is 2.87 bits per heavy atom. The molecule has 0 bridgehead atoms. The van der Waals surface area contributed by atoms with Gasteiger partial charge in [0.05, 0.1) is 16.1 Å². The van der Waals surface area contributed by atoms with Crippen molar-refractivity contribution in [3.8, 4) is 0 Å². The predicted octanol–water partition coefficient (Wildman–Crippen LogP) is 2.42. The van der Waals surface area contributed by atoms with Gasteiger partial charge in [0.1, 0.15) is 0 Å². The lowest BCUT2D eigenvalue weighted by molar-refractivity contribution is 0.553. The molecule has 1 aliphatic heterocycles. The van der Waals surface area contributed by atoms with Crippen molar-refractivity contribution in [3.63, 3.8) is 0 Å². The van der Waals surface area contributed by atoms with E-state index in [4.69, 9.17) is 4.42 Å². The van der Waals surface area contributed by atoms with Crippen molar-refractivity contribution in [2.24, 2.45) is 0 Å². The van der Waals surface area contributed by atoms with Crippen molar-refractivity contribution >= 4 is 38.6 Å². The predicted molar refractivity (Wildman–Crippen MR) is 88.5 cm³/mol. The fraction of sp³-hybridized carbons (Fsp3) is 0.133. The molecule has 0 spiro atoms. The summed E-state index contributed by atoms with van der Waals surface area (Å²) in [5.74, 6) is 0.0897. The van der Waals surface area contributed by atoms with Gasteiger partial charge in [-0.05, 0) is 24.3 Å². The zero-order valence-corrected chi connectivity index (χ0v) is 13.5. The van der Waals surface area contributed by atoms with Gasteiger partial charge in [-0.2, -0.15) is 0 Å². The maximum atomic E-state index is 13.0. The van der Waals surface area contributed by atoms with Gasteiger partial charge >= 0.3 is 5.76 Å². The molecule has 0 unspecified atom stereocenters. The van der Waals surface area contributed by atoms with Gasteiger partial charge in [-0.25, -0.2) is 13.2 Å². The lowest BCUT2D eigenvalue weighted by Gasteiger charge is -2.29. The van der Waals surface area contributed by atoms with Crippen molar-refractivity contribution < 1.29 is 12.8 Å². The molecule has 0 saturated carbocycles. The molecule has 1 aromatic heterocycles. The first-order valence-electron chi connectivity index (χ1n) is 6.93. The highest BCUT2D eigenvalue weighted by molar-refractivity contribution is 8.00. The largest absolute Gasteiger partial charge is 0.417 e. The van der Waals surface area contributed by atoms with E-state index < -0.39 is 15.8 Å². The third-order valence-corrected chi connectivity index (χ3v) is 6.52. The maximum Gasteiger partial charge on any atom is 0.417 e. The Hall–Kier alpha value is -2.19. The molecule has 0 atom stereocenters. The number of oxazole rings is 1. The Labute approximate surface area is 136 Å². The van der Waals surface area contributed by atoms with E-state index in [2.05, 4.69) is 4.98 Å². The molecule has 0 radical (unpaired) electrons. The van der Waals surface area contributed by atoms with Gasteiger partial charge in [-0.1, -0.05) is 12.1 Å². The Bertz CT molecular complexity index is 1050. The van der Waals surface area contributed by atoms with E-state index in [1.54, 1.807) is 17.8 Å². The molecule has 0 aliphatic carbocycles. The van der Waals surface area contributed by atoms with E-state index in [9.17, 15) is 13.2 Å². The van der Waals surface area contributed by atoms with Crippen molar-refractivity contribution in [2.75, 3.05) is 16.6 Å². The first-order valence-corrected chi connectivity index (χ1v) is 9.36. The van der Waals surface area contributed by atoms with Crippen LogP contribution in [0.4, 0.5) is 5.69 Å². The van der Waals surface area contributed by atoms with Crippen LogP contribution < -0.4 is 10.1 Å². The van der Waals surface area contributed by atoms with Crippen LogP contribution in [0.25, 0.3) is 11.1 Å². The summed E-state index contributed by atoms with van der Waals surface area (Å²) in [6.45, 7) is 0.402. The zero-order chi connectivity index (χ0) is 16.0. The second-order valence-electron chi connectivity index (χ2n) is 5.07. The van der Waals surface area contributed by atoms with E-state index in [0.29, 0.717) is 23.5 Å². The second-order valence-corrected chi connectivity index (χ2v) is 8.06. The Kier molecular flexibility index (Phi) is 3.24. The third-order valence-electron chi connectivity index (χ3n) is 3.67. The van der Waals surface area contributed by atoms with Gasteiger partial charge < -0.3 is 4.42 Å². The standard InChI is InChI=1S/C15H12N2O4S2/c18-15-16-11-6-5-10(9-13(11)21-15)23(19,20)17-7-8-22-14-4-2-1-3-12(14)17/h1-6,9H,7-8H2,(H,16,18). The van der Waals surface area contributed by atoms with Crippen LogP contribution in [-0.2, 0) is 10.0 Å². The van der Waals surface area contributed by atoms with E-state index in [-0.39, 0.29) is 10.5 Å². The minimum absolute atomic E-state index is 0.106. The Morgan fingerprint density at radius 2 is 2.00 bits per heavy atom. The summed E-state index contributed by atoms with van der Waals surface area (Å²) in [4.78, 5) is 14.8. The highest BCUT2D eigenvalue weighted by Crippen LogP contribution is 2.37. The Morgan fingerprint density at radius 1 is 1.17 bits per heavy atom. The quantitative estimate of drug-likeness (QED) is 0.769. The number of anilines is 1. The number of aromatic nitrogens is 1. The molecule has 0 fully saturated rings. The molecule has 23 heavy (non-hydrogen) atoms. The lowest BCUT2D eigenvalue weighted by Crippen LogP contribution is -2.35. The summed E-state index contributed by atoms with van der Waals surface area (Å²) in [6, 6.07) is 11.8. The maximum absolute atomic E-state index is 13.0. The van der Waals surface area contributed by atoms with Gasteiger partial charge in [-0.3, -0.25) is 9.29 Å². The SMILES string of the molecule is O=c1[nH]c2ccc(S(=O)(=O)N3CCSc4ccccc43)cc2o1. The number of hydrogen-bond acceptors (Lipinski definition) is 5. The average Bonchev–Trinajstić information content (AvgIpc) is 2.93. The van der Waals surface area contributed by atoms with Crippen LogP contribution in [0.5, 0.6) is 0 Å². The second kappa shape index (κ2) is 5.17. The number of thioether (sulfide) groups is 1. The van der Waals surface area contributed by atoms with E-state index in [0.717, 1.165) is 4.90 Å². The number of hydrogen-bond donors (Lipinski definition) is 1. The van der Waals surface area contributed by atoms with Gasteiger partial charge in [0.15, 0.2) is 5.58 Å². The number of nitrogens with one attached hydrogen (secondary N) is 1. The number of aromatic amines is 1. The summed E-state index contributed by atoms with van der Waals surface area (Å²) < 4.78 is 32.3. The Balaban J connectivity index is 1.85. The number of sulfonamides is 1. The molecule has 6 nitrogen and oxygen atoms in total. The van der Waals surface area contributed by atoms with Gasteiger partial charge in [-0.15, -0.1) is 11.8 Å². The summed E-state index contributed by atoms with van der Waals surface area (Å²) in [6.07, 6.45) is 0. The van der Waals surface area contributed by atoms with Crippen LogP contribution in [0, 0.1) is 0 Å². The summed E-state index contributed by atoms with van der Waals surface area (Å²) in [5.41, 5.74) is 1.39. The van der Waals surface area contributed by atoms with Gasteiger partial charge in [0.25, 0.3) is 10.0 Å². The lowest BCUT2D eigenvalue weighted by atomic mass is 10.3. The van der Waals surface area contributed by atoms with Crippen LogP contribution in [0.15, 0.2) is 61.5 Å². The van der Waals surface area contributed by atoms with Crippen molar-refractivity contribution in [3.05, 3.63) is 53.0 Å². The monoisotopic (exact) mass is 348 g/mol. The van der Waals surface area contributed by atoms with Gasteiger partial charge in [0, 0.05) is 23.3 Å². The molecule has 2 heterocycles. The summed E-state index contributed by atoms with van der Waals surface area (Å²) >= 11 is 1.64. The molecular weight excluding hydrogens is 336 g/mol. The van der Waals surface area contributed by atoms with Gasteiger partial charge in [0.2, 0.25) is 0 Å². The molecule has 2 aromatic carbocycles. The molecule has 0 amide bonds. The van der Waals surface area contributed by atoms with E-state index in [1.807, 2.05) is 18.2 Å². The molecule has 0 saturated heterocycles. The van der Waals surface area contributed by atoms with E-state index >= 15 is 0 Å². The molecule has 4 rings (SSSR count). The normalized spacial score (nSPS) is 14.9. The van der Waals surface area contributed by atoms with Crippen molar-refractivity contribution in [1.82, 2.24) is 4.98 Å². The number of benzene rings is 2. The number of rotatable bonds is 2. The summed E-state index contributed by atoms with van der Waals surface area (Å²) in [7, 11) is -3.71. The van der Waals surface area contributed by atoms with Crippen LogP contribution in [0.3, 0.4) is 0 Å². The third kappa shape index (κ3) is 2.34. The number of para-hydroxylation sites is 1. The fourth-order valence-electron chi connectivity index (χ4n) is 2.61. The van der Waals surface area contributed by atoms with E-state index in [1.165, 1.54) is 22.5 Å². The van der Waals surface area contributed by atoms with Crippen LogP contribution in [0.1, 0.15) is 0 Å². The van der Waals surface area contributed by atoms with Crippen LogP contribution >= 0.6 is 11.8 Å². The van der Waals surface area contributed by atoms with Crippen LogP contribution in [-0.4, -0.2) is 25.7 Å². The minimum Gasteiger partial charge on any atom is -0.408 e. The van der Waals surface area contributed by atoms with Crippen molar-refractivity contribution in [2.45, 2.75) is 9.79 Å². The summed E-state index contributed by atoms with van der Waals surface area (Å²) in [5, 5.41) is 0. The number of nitrogens with zero attached hydrogens (tertiary/aromatic N) is 1. The molecule has 1 N–H and O–H groups in total. The smallest absolute Gasteiger partial charge is 0.408 e. The van der Waals surface area contributed by atoms with Crippen LogP contribution in [0.2, 0.25) is 0 Å². The average molecular weight is 348 g/mol. The number of H-pyrrole nitrogens is 1. The topological polar surface area (TPSA) is 83.4 Å².